The molecule has 0 aliphatic heterocycles. The van der Waals surface area contributed by atoms with Gasteiger partial charge in [-0.25, -0.2) is 0 Å². The van der Waals surface area contributed by atoms with Crippen LogP contribution in [-0.4, -0.2) is 17.6 Å². The summed E-state index contributed by atoms with van der Waals surface area (Å²) >= 11 is 5.79. The van der Waals surface area contributed by atoms with E-state index in [1.54, 1.807) is 24.3 Å². The van der Waals surface area contributed by atoms with Gasteiger partial charge in [0.2, 0.25) is 0 Å². The molecular formula is C15H12ClF2NO3. The van der Waals surface area contributed by atoms with Gasteiger partial charge in [-0.15, -0.1) is 0 Å². The highest BCUT2D eigenvalue weighted by Crippen LogP contribution is 2.25. The average molecular weight is 328 g/mol. The fraction of sp³-hybridized carbons (Fsp3) is 0.133. The van der Waals surface area contributed by atoms with Crippen molar-refractivity contribution in [2.24, 2.45) is 0 Å². The van der Waals surface area contributed by atoms with Crippen molar-refractivity contribution in [3.05, 3.63) is 58.6 Å². The number of amides is 1. The molecule has 2 aromatic carbocycles. The summed E-state index contributed by atoms with van der Waals surface area (Å²) in [5, 5.41) is 11.8. The largest absolute Gasteiger partial charge is 0.434 e. The van der Waals surface area contributed by atoms with Crippen LogP contribution < -0.4 is 10.1 Å². The number of alkyl halides is 2. The molecule has 0 saturated carbocycles. The third-order valence-electron chi connectivity index (χ3n) is 2.77. The van der Waals surface area contributed by atoms with Gasteiger partial charge in [-0.1, -0.05) is 23.7 Å². The number of halogens is 3. The SMILES string of the molecule is O=C(Nc1cccc(CO)c1)c1cc(Cl)ccc1OC(F)F. The second-order valence-electron chi connectivity index (χ2n) is 4.33. The summed E-state index contributed by atoms with van der Waals surface area (Å²) < 4.78 is 29.1. The zero-order valence-corrected chi connectivity index (χ0v) is 12.0. The number of carbonyl (C=O) groups excluding carboxylic acids is 1. The number of rotatable bonds is 5. The Bertz CT molecular complexity index is 680. The Morgan fingerprint density at radius 1 is 1.27 bits per heavy atom. The van der Waals surface area contributed by atoms with E-state index in [9.17, 15) is 13.6 Å². The van der Waals surface area contributed by atoms with Gasteiger partial charge in [0.25, 0.3) is 5.91 Å². The number of carbonyl (C=O) groups is 1. The summed E-state index contributed by atoms with van der Waals surface area (Å²) in [7, 11) is 0. The third kappa shape index (κ3) is 4.16. The Morgan fingerprint density at radius 2 is 2.05 bits per heavy atom. The lowest BCUT2D eigenvalue weighted by Gasteiger charge is -2.12. The minimum atomic E-state index is -3.05. The van der Waals surface area contributed by atoms with Gasteiger partial charge in [-0.3, -0.25) is 4.79 Å². The van der Waals surface area contributed by atoms with Crippen molar-refractivity contribution >= 4 is 23.2 Å². The standard InChI is InChI=1S/C15H12ClF2NO3/c16-10-4-5-13(22-15(17)18)12(7-10)14(21)19-11-3-1-2-9(6-11)8-20/h1-7,15,20H,8H2,(H,19,21). The molecule has 0 bridgehead atoms. The number of anilines is 1. The van der Waals surface area contributed by atoms with Gasteiger partial charge < -0.3 is 15.2 Å². The minimum absolute atomic E-state index is 0.109. The molecular weight excluding hydrogens is 316 g/mol. The molecule has 0 unspecified atom stereocenters. The maximum absolute atomic E-state index is 12.4. The first-order valence-electron chi connectivity index (χ1n) is 6.25. The molecule has 2 aromatic rings. The van der Waals surface area contributed by atoms with Crippen LogP contribution in [-0.2, 0) is 6.61 Å². The van der Waals surface area contributed by atoms with E-state index in [2.05, 4.69) is 10.1 Å². The molecule has 116 valence electrons. The highest BCUT2D eigenvalue weighted by molar-refractivity contribution is 6.31. The molecule has 0 aliphatic rings. The van der Waals surface area contributed by atoms with E-state index < -0.39 is 12.5 Å². The molecule has 0 aromatic heterocycles. The summed E-state index contributed by atoms with van der Waals surface area (Å²) in [6, 6.07) is 10.3. The first-order chi connectivity index (χ1) is 10.5. The molecule has 2 rings (SSSR count). The van der Waals surface area contributed by atoms with Gasteiger partial charge in [0.05, 0.1) is 12.2 Å². The van der Waals surface area contributed by atoms with Crippen molar-refractivity contribution in [1.29, 1.82) is 0 Å². The highest BCUT2D eigenvalue weighted by atomic mass is 35.5. The van der Waals surface area contributed by atoms with E-state index in [0.29, 0.717) is 11.3 Å². The first-order valence-corrected chi connectivity index (χ1v) is 6.63. The zero-order valence-electron chi connectivity index (χ0n) is 11.2. The highest BCUT2D eigenvalue weighted by Gasteiger charge is 2.16. The molecule has 1 amide bonds. The fourth-order valence-electron chi connectivity index (χ4n) is 1.82. The van der Waals surface area contributed by atoms with Gasteiger partial charge in [-0.2, -0.15) is 8.78 Å². The van der Waals surface area contributed by atoms with Crippen LogP contribution in [0.4, 0.5) is 14.5 Å². The van der Waals surface area contributed by atoms with Crippen molar-refractivity contribution in [2.75, 3.05) is 5.32 Å². The molecule has 0 atom stereocenters. The molecule has 0 heterocycles. The summed E-state index contributed by atoms with van der Waals surface area (Å²) in [4.78, 5) is 12.2. The van der Waals surface area contributed by atoms with Crippen molar-refractivity contribution in [2.45, 2.75) is 13.2 Å². The third-order valence-corrected chi connectivity index (χ3v) is 3.00. The Hall–Kier alpha value is -2.18. The molecule has 0 aliphatic carbocycles. The second kappa shape index (κ2) is 7.20. The van der Waals surface area contributed by atoms with Gasteiger partial charge in [0.1, 0.15) is 5.75 Å². The van der Waals surface area contributed by atoms with Crippen LogP contribution >= 0.6 is 11.6 Å². The fourth-order valence-corrected chi connectivity index (χ4v) is 2.00. The first kappa shape index (κ1) is 16.2. The molecule has 0 fully saturated rings. The number of hydrogen-bond acceptors (Lipinski definition) is 3. The quantitative estimate of drug-likeness (QED) is 0.880. The summed E-state index contributed by atoms with van der Waals surface area (Å²) in [6.07, 6.45) is 0. The van der Waals surface area contributed by atoms with Crippen LogP contribution in [0, 0.1) is 0 Å². The number of aliphatic hydroxyl groups excluding tert-OH is 1. The molecule has 0 spiro atoms. The molecule has 0 radical (unpaired) electrons. The Kier molecular flexibility index (Phi) is 5.30. The lowest BCUT2D eigenvalue weighted by atomic mass is 10.1. The van der Waals surface area contributed by atoms with Gasteiger partial charge >= 0.3 is 6.61 Å². The number of benzene rings is 2. The van der Waals surface area contributed by atoms with Crippen molar-refractivity contribution in [3.8, 4) is 5.75 Å². The molecule has 0 saturated heterocycles. The van der Waals surface area contributed by atoms with Crippen LogP contribution in [0.5, 0.6) is 5.75 Å². The smallest absolute Gasteiger partial charge is 0.387 e. The van der Waals surface area contributed by atoms with Crippen LogP contribution in [0.3, 0.4) is 0 Å². The summed E-state index contributed by atoms with van der Waals surface area (Å²) in [5.74, 6) is -0.913. The van der Waals surface area contributed by atoms with Crippen molar-refractivity contribution in [1.82, 2.24) is 0 Å². The predicted molar refractivity (Wildman–Crippen MR) is 78.4 cm³/mol. The Balaban J connectivity index is 2.26. The molecule has 7 heteroatoms. The zero-order chi connectivity index (χ0) is 16.1. The van der Waals surface area contributed by atoms with E-state index in [1.807, 2.05) is 0 Å². The van der Waals surface area contributed by atoms with Gasteiger partial charge in [-0.05, 0) is 35.9 Å². The van der Waals surface area contributed by atoms with Crippen LogP contribution in [0.2, 0.25) is 5.02 Å². The maximum Gasteiger partial charge on any atom is 0.387 e. The topological polar surface area (TPSA) is 58.6 Å². The van der Waals surface area contributed by atoms with E-state index >= 15 is 0 Å². The van der Waals surface area contributed by atoms with Gasteiger partial charge in [0.15, 0.2) is 0 Å². The second-order valence-corrected chi connectivity index (χ2v) is 4.77. The van der Waals surface area contributed by atoms with E-state index in [1.165, 1.54) is 18.2 Å². The lowest BCUT2D eigenvalue weighted by molar-refractivity contribution is -0.0501. The molecule has 4 nitrogen and oxygen atoms in total. The summed E-state index contributed by atoms with van der Waals surface area (Å²) in [5.41, 5.74) is 0.912. The lowest BCUT2D eigenvalue weighted by Crippen LogP contribution is -2.15. The van der Waals surface area contributed by atoms with Crippen LogP contribution in [0.25, 0.3) is 0 Å². The van der Waals surface area contributed by atoms with Gasteiger partial charge in [0, 0.05) is 10.7 Å². The molecule has 2 N–H and O–H groups in total. The normalized spacial score (nSPS) is 10.6. The molecule has 22 heavy (non-hydrogen) atoms. The Morgan fingerprint density at radius 3 is 2.73 bits per heavy atom. The van der Waals surface area contributed by atoms with E-state index in [4.69, 9.17) is 16.7 Å². The van der Waals surface area contributed by atoms with Crippen molar-refractivity contribution in [3.63, 3.8) is 0 Å². The predicted octanol–water partition coefficient (Wildman–Crippen LogP) is 3.69. The average Bonchev–Trinajstić information content (AvgIpc) is 2.48. The maximum atomic E-state index is 12.4. The minimum Gasteiger partial charge on any atom is -0.434 e. The monoisotopic (exact) mass is 327 g/mol. The Labute approximate surface area is 130 Å². The number of ether oxygens (including phenoxy) is 1. The van der Waals surface area contributed by atoms with E-state index in [-0.39, 0.29) is 22.9 Å². The van der Waals surface area contributed by atoms with E-state index in [0.717, 1.165) is 0 Å². The summed E-state index contributed by atoms with van der Waals surface area (Å²) in [6.45, 7) is -3.23. The number of nitrogens with one attached hydrogen (secondary N) is 1. The number of hydrogen-bond donors (Lipinski definition) is 2. The van der Waals surface area contributed by atoms with Crippen LogP contribution in [0.1, 0.15) is 15.9 Å². The van der Waals surface area contributed by atoms with Crippen molar-refractivity contribution < 1.29 is 23.4 Å². The number of aliphatic hydroxyl groups is 1. The van der Waals surface area contributed by atoms with Crippen LogP contribution in [0.15, 0.2) is 42.5 Å².